The van der Waals surface area contributed by atoms with Gasteiger partial charge in [0.15, 0.2) is 0 Å². The number of phenolic OH excluding ortho intramolecular Hbond substituents is 1. The summed E-state index contributed by atoms with van der Waals surface area (Å²) in [5.74, 6) is -2.23. The number of carbonyl (C=O) groups excluding carboxylic acids is 3. The van der Waals surface area contributed by atoms with Crippen LogP contribution in [0.25, 0.3) is 0 Å². The quantitative estimate of drug-likeness (QED) is 0.402. The van der Waals surface area contributed by atoms with Crippen molar-refractivity contribution in [2.45, 2.75) is 76.5 Å². The van der Waals surface area contributed by atoms with Crippen LogP contribution in [0.2, 0.25) is 0 Å². The molecule has 0 saturated carbocycles. The van der Waals surface area contributed by atoms with Gasteiger partial charge in [-0.05, 0) is 49.3 Å². The van der Waals surface area contributed by atoms with Crippen LogP contribution < -0.4 is 11.1 Å². The molecule has 5 atom stereocenters. The first kappa shape index (κ1) is 26.5. The largest absolute Gasteiger partial charge is 0.508 e. The predicted molar refractivity (Wildman–Crippen MR) is 128 cm³/mol. The molecule has 0 spiro atoms. The van der Waals surface area contributed by atoms with E-state index >= 15 is 0 Å². The summed E-state index contributed by atoms with van der Waals surface area (Å²) in [6.45, 7) is 4.50. The monoisotopic (exact) mass is 488 g/mol. The molecule has 3 amide bonds. The molecular weight excluding hydrogens is 452 g/mol. The summed E-state index contributed by atoms with van der Waals surface area (Å²) in [5.41, 5.74) is 6.83. The van der Waals surface area contributed by atoms with Gasteiger partial charge in [0.25, 0.3) is 0 Å². The number of amides is 3. The number of carbonyl (C=O) groups is 4. The van der Waals surface area contributed by atoms with Crippen LogP contribution in [-0.4, -0.2) is 81.0 Å². The van der Waals surface area contributed by atoms with Crippen molar-refractivity contribution in [3.05, 3.63) is 29.8 Å². The number of aliphatic carboxylic acids is 1. The third-order valence-corrected chi connectivity index (χ3v) is 7.19. The van der Waals surface area contributed by atoms with Gasteiger partial charge in [-0.15, -0.1) is 0 Å². The fourth-order valence-electron chi connectivity index (χ4n) is 4.81. The molecule has 2 fully saturated rings. The van der Waals surface area contributed by atoms with E-state index in [4.69, 9.17) is 5.73 Å². The lowest BCUT2D eigenvalue weighted by Crippen LogP contribution is -2.58. The molecule has 0 bridgehead atoms. The minimum absolute atomic E-state index is 0.0799. The number of likely N-dealkylation sites (tertiary alicyclic amines) is 2. The Hall–Kier alpha value is -3.14. The van der Waals surface area contributed by atoms with Crippen molar-refractivity contribution in [2.24, 2.45) is 11.7 Å². The van der Waals surface area contributed by atoms with Gasteiger partial charge in [0.2, 0.25) is 17.7 Å². The molecule has 192 valence electrons. The molecule has 5 N–H and O–H groups in total. The molecule has 10 heteroatoms. The molecular formula is C25H36N4O6. The van der Waals surface area contributed by atoms with Crippen molar-refractivity contribution in [2.75, 3.05) is 13.1 Å². The molecule has 2 saturated heterocycles. The van der Waals surface area contributed by atoms with Crippen molar-refractivity contribution in [3.8, 4) is 5.75 Å². The van der Waals surface area contributed by atoms with Crippen molar-refractivity contribution < 1.29 is 29.4 Å². The van der Waals surface area contributed by atoms with Crippen LogP contribution in [0.4, 0.5) is 0 Å². The van der Waals surface area contributed by atoms with Gasteiger partial charge in [-0.25, -0.2) is 4.79 Å². The van der Waals surface area contributed by atoms with E-state index in [1.165, 1.54) is 21.9 Å². The van der Waals surface area contributed by atoms with E-state index in [9.17, 15) is 29.4 Å². The van der Waals surface area contributed by atoms with Crippen LogP contribution in [-0.2, 0) is 25.6 Å². The number of nitrogens with two attached hydrogens (primary N) is 1. The van der Waals surface area contributed by atoms with Gasteiger partial charge < -0.3 is 31.1 Å². The number of carboxylic acid groups (broad SMARTS) is 1. The number of hydrogen-bond donors (Lipinski definition) is 4. The summed E-state index contributed by atoms with van der Waals surface area (Å²) < 4.78 is 0. The highest BCUT2D eigenvalue weighted by Crippen LogP contribution is 2.26. The Labute approximate surface area is 205 Å². The number of phenols is 1. The van der Waals surface area contributed by atoms with Crippen molar-refractivity contribution in [1.82, 2.24) is 15.1 Å². The van der Waals surface area contributed by atoms with Gasteiger partial charge in [0.1, 0.15) is 23.9 Å². The standard InChI is InChI=1S/C25H36N4O6/c1-3-15(2)21(26)22(31)27-18(14-16-8-10-17(30)11-9-16)23(32)28-12-4-6-19(28)24(33)29-13-5-7-20(29)25(34)35/h8-11,15,18-21,30H,3-7,12-14,26H2,1-2H3,(H,27,31)(H,34,35). The molecule has 3 rings (SSSR count). The lowest BCUT2D eigenvalue weighted by Gasteiger charge is -2.33. The fraction of sp³-hybridized carbons (Fsp3) is 0.600. The van der Waals surface area contributed by atoms with E-state index in [0.29, 0.717) is 45.2 Å². The first-order chi connectivity index (χ1) is 16.6. The molecule has 2 heterocycles. The number of rotatable bonds is 9. The van der Waals surface area contributed by atoms with Crippen LogP contribution >= 0.6 is 0 Å². The third-order valence-electron chi connectivity index (χ3n) is 7.19. The Bertz CT molecular complexity index is 936. The highest BCUT2D eigenvalue weighted by atomic mass is 16.4. The molecule has 10 nitrogen and oxygen atoms in total. The summed E-state index contributed by atoms with van der Waals surface area (Å²) in [5, 5.41) is 21.9. The fourth-order valence-corrected chi connectivity index (χ4v) is 4.81. The molecule has 35 heavy (non-hydrogen) atoms. The van der Waals surface area contributed by atoms with E-state index in [2.05, 4.69) is 5.32 Å². The number of nitrogens with zero attached hydrogens (tertiary/aromatic N) is 2. The van der Waals surface area contributed by atoms with Crippen LogP contribution in [0, 0.1) is 5.92 Å². The van der Waals surface area contributed by atoms with Gasteiger partial charge in [0.05, 0.1) is 6.04 Å². The van der Waals surface area contributed by atoms with E-state index in [0.717, 1.165) is 5.56 Å². The van der Waals surface area contributed by atoms with E-state index < -0.39 is 42.0 Å². The Morgan fingerprint density at radius 2 is 1.66 bits per heavy atom. The molecule has 2 aliphatic heterocycles. The average Bonchev–Trinajstić information content (AvgIpc) is 3.53. The van der Waals surface area contributed by atoms with E-state index in [1.54, 1.807) is 12.1 Å². The molecule has 1 aromatic rings. The van der Waals surface area contributed by atoms with Crippen molar-refractivity contribution in [1.29, 1.82) is 0 Å². The molecule has 0 aromatic heterocycles. The second-order valence-corrected chi connectivity index (χ2v) is 9.56. The average molecular weight is 489 g/mol. The Morgan fingerprint density at radius 3 is 2.26 bits per heavy atom. The highest BCUT2D eigenvalue weighted by molar-refractivity contribution is 5.95. The van der Waals surface area contributed by atoms with E-state index in [-0.39, 0.29) is 24.0 Å². The van der Waals surface area contributed by atoms with Crippen molar-refractivity contribution in [3.63, 3.8) is 0 Å². The number of hydrogen-bond acceptors (Lipinski definition) is 6. The maximum Gasteiger partial charge on any atom is 0.326 e. The van der Waals surface area contributed by atoms with Gasteiger partial charge in [0, 0.05) is 19.5 Å². The Kier molecular flexibility index (Phi) is 8.71. The lowest BCUT2D eigenvalue weighted by atomic mass is 9.98. The minimum atomic E-state index is -1.04. The normalized spacial score (nSPS) is 22.5. The Balaban J connectivity index is 1.81. The molecule has 1 aromatic carbocycles. The van der Waals surface area contributed by atoms with Crippen LogP contribution in [0.5, 0.6) is 5.75 Å². The second kappa shape index (κ2) is 11.5. The third kappa shape index (κ3) is 6.11. The first-order valence-electron chi connectivity index (χ1n) is 12.3. The van der Waals surface area contributed by atoms with Crippen LogP contribution in [0.1, 0.15) is 51.5 Å². The minimum Gasteiger partial charge on any atom is -0.508 e. The maximum atomic E-state index is 13.7. The molecule has 2 aliphatic rings. The maximum absolute atomic E-state index is 13.7. The smallest absolute Gasteiger partial charge is 0.326 e. The molecule has 0 aliphatic carbocycles. The zero-order valence-electron chi connectivity index (χ0n) is 20.4. The van der Waals surface area contributed by atoms with Crippen molar-refractivity contribution >= 4 is 23.7 Å². The number of nitrogens with one attached hydrogen (secondary N) is 1. The summed E-state index contributed by atoms with van der Waals surface area (Å²) in [7, 11) is 0. The predicted octanol–water partition coefficient (Wildman–Crippen LogP) is 0.860. The SMILES string of the molecule is CCC(C)C(N)C(=O)NC(Cc1ccc(O)cc1)C(=O)N1CCCC1C(=O)N1CCCC1C(=O)O. The summed E-state index contributed by atoms with van der Waals surface area (Å²) in [6.07, 6.45) is 2.93. The topological polar surface area (TPSA) is 153 Å². The number of carboxylic acids is 1. The summed E-state index contributed by atoms with van der Waals surface area (Å²) in [4.78, 5) is 54.3. The van der Waals surface area contributed by atoms with Crippen LogP contribution in [0.3, 0.4) is 0 Å². The summed E-state index contributed by atoms with van der Waals surface area (Å²) in [6, 6.07) is 2.98. The van der Waals surface area contributed by atoms with Gasteiger partial charge >= 0.3 is 5.97 Å². The second-order valence-electron chi connectivity index (χ2n) is 9.56. The first-order valence-corrected chi connectivity index (χ1v) is 12.3. The van der Waals surface area contributed by atoms with Crippen LogP contribution in [0.15, 0.2) is 24.3 Å². The number of benzene rings is 1. The lowest BCUT2D eigenvalue weighted by molar-refractivity contribution is -0.152. The number of aromatic hydroxyl groups is 1. The summed E-state index contributed by atoms with van der Waals surface area (Å²) >= 11 is 0. The molecule has 0 radical (unpaired) electrons. The van der Waals surface area contributed by atoms with E-state index in [1.807, 2.05) is 13.8 Å². The van der Waals surface area contributed by atoms with Gasteiger partial charge in [-0.1, -0.05) is 32.4 Å². The zero-order chi connectivity index (χ0) is 25.7. The molecule has 5 unspecified atom stereocenters. The zero-order valence-corrected chi connectivity index (χ0v) is 20.4. The van der Waals surface area contributed by atoms with Gasteiger partial charge in [-0.3, -0.25) is 14.4 Å². The highest BCUT2D eigenvalue weighted by Gasteiger charge is 2.43. The Morgan fingerprint density at radius 1 is 1.06 bits per heavy atom. The van der Waals surface area contributed by atoms with Gasteiger partial charge in [-0.2, -0.15) is 0 Å².